The Balaban J connectivity index is 2.27. The highest BCUT2D eigenvalue weighted by atomic mass is 16.6. The van der Waals surface area contributed by atoms with Crippen LogP contribution in [0.4, 0.5) is 0 Å². The van der Waals surface area contributed by atoms with Gasteiger partial charge < -0.3 is 14.6 Å². The minimum absolute atomic E-state index is 0.0594. The molecule has 1 N–H and O–H groups in total. The largest absolute Gasteiger partial charge is 0.462 e. The minimum atomic E-state index is -0.427. The van der Waals surface area contributed by atoms with Gasteiger partial charge in [0.15, 0.2) is 0 Å². The SMILES string of the molecule is CC(=O)OC/C=C(\C)CC/C=C(\C)C(O)C/C=C(\C)CCC1OC1(C)C. The third kappa shape index (κ3) is 9.35. The van der Waals surface area contributed by atoms with Crippen molar-refractivity contribution < 1.29 is 19.4 Å². The molecule has 1 saturated heterocycles. The molecule has 4 nitrogen and oxygen atoms in total. The molecule has 2 atom stereocenters. The molecular formula is C22H36O4. The van der Waals surface area contributed by atoms with Gasteiger partial charge in [-0.15, -0.1) is 0 Å². The van der Waals surface area contributed by atoms with Gasteiger partial charge in [0.25, 0.3) is 0 Å². The number of epoxide rings is 1. The first-order chi connectivity index (χ1) is 12.1. The van der Waals surface area contributed by atoms with Crippen molar-refractivity contribution in [2.45, 2.75) is 91.5 Å². The van der Waals surface area contributed by atoms with E-state index in [2.05, 4.69) is 32.9 Å². The quantitative estimate of drug-likeness (QED) is 0.322. The number of carbonyl (C=O) groups is 1. The van der Waals surface area contributed by atoms with Crippen molar-refractivity contribution in [1.29, 1.82) is 0 Å². The normalized spacial score (nSPS) is 21.5. The van der Waals surface area contributed by atoms with Crippen molar-refractivity contribution in [3.8, 4) is 0 Å². The first-order valence-electron chi connectivity index (χ1n) is 9.59. The fourth-order valence-electron chi connectivity index (χ4n) is 2.77. The van der Waals surface area contributed by atoms with Gasteiger partial charge in [0.05, 0.1) is 17.8 Å². The van der Waals surface area contributed by atoms with Gasteiger partial charge in [-0.05, 0) is 78.4 Å². The highest BCUT2D eigenvalue weighted by Gasteiger charge is 2.46. The summed E-state index contributed by atoms with van der Waals surface area (Å²) in [7, 11) is 0. The third-order valence-corrected chi connectivity index (χ3v) is 4.90. The van der Waals surface area contributed by atoms with Crippen molar-refractivity contribution >= 4 is 5.97 Å². The molecule has 1 rings (SSSR count). The zero-order chi connectivity index (χ0) is 19.7. The van der Waals surface area contributed by atoms with Crippen LogP contribution in [0.3, 0.4) is 0 Å². The van der Waals surface area contributed by atoms with E-state index in [1.807, 2.05) is 19.9 Å². The molecule has 0 spiro atoms. The van der Waals surface area contributed by atoms with Gasteiger partial charge in [0.1, 0.15) is 6.61 Å². The van der Waals surface area contributed by atoms with Crippen molar-refractivity contribution in [3.05, 3.63) is 34.9 Å². The Morgan fingerprint density at radius 1 is 1.12 bits per heavy atom. The van der Waals surface area contributed by atoms with Crippen LogP contribution in [0.2, 0.25) is 0 Å². The summed E-state index contributed by atoms with van der Waals surface area (Å²) in [6.07, 6.45) is 10.6. The third-order valence-electron chi connectivity index (χ3n) is 4.90. The Labute approximate surface area is 159 Å². The van der Waals surface area contributed by atoms with Crippen LogP contribution in [0, 0.1) is 0 Å². The van der Waals surface area contributed by atoms with E-state index >= 15 is 0 Å². The van der Waals surface area contributed by atoms with E-state index in [9.17, 15) is 9.90 Å². The lowest BCUT2D eigenvalue weighted by atomic mass is 10.0. The van der Waals surface area contributed by atoms with E-state index in [0.29, 0.717) is 19.1 Å². The predicted molar refractivity (Wildman–Crippen MR) is 106 cm³/mol. The number of aliphatic hydroxyl groups is 1. The van der Waals surface area contributed by atoms with Crippen LogP contribution in [0.5, 0.6) is 0 Å². The van der Waals surface area contributed by atoms with E-state index < -0.39 is 6.10 Å². The lowest BCUT2D eigenvalue weighted by Crippen LogP contribution is -2.07. The second kappa shape index (κ2) is 10.7. The molecule has 148 valence electrons. The van der Waals surface area contributed by atoms with Crippen molar-refractivity contribution in [3.63, 3.8) is 0 Å². The van der Waals surface area contributed by atoms with Crippen LogP contribution >= 0.6 is 0 Å². The second-order valence-electron chi connectivity index (χ2n) is 7.89. The molecular weight excluding hydrogens is 328 g/mol. The Morgan fingerprint density at radius 2 is 1.73 bits per heavy atom. The fraction of sp³-hybridized carbons (Fsp3) is 0.682. The standard InChI is InChI=1S/C22H36O4/c1-16(14-15-25-19(4)23)8-7-9-18(3)20(24)12-10-17(2)11-13-21-22(5,6)26-21/h9-10,14,20-21,24H,7-8,11-13,15H2,1-6H3/b16-14+,17-10+,18-9+. The van der Waals surface area contributed by atoms with Gasteiger partial charge in [0, 0.05) is 6.92 Å². The number of hydrogen-bond donors (Lipinski definition) is 1. The van der Waals surface area contributed by atoms with Crippen LogP contribution in [0.1, 0.15) is 73.6 Å². The van der Waals surface area contributed by atoms with Crippen LogP contribution in [-0.4, -0.2) is 35.5 Å². The van der Waals surface area contributed by atoms with Crippen LogP contribution in [-0.2, 0) is 14.3 Å². The molecule has 1 fully saturated rings. The number of rotatable bonds is 11. The molecule has 0 radical (unpaired) electrons. The van der Waals surface area contributed by atoms with Gasteiger partial charge in [0.2, 0.25) is 0 Å². The maximum Gasteiger partial charge on any atom is 0.302 e. The molecule has 26 heavy (non-hydrogen) atoms. The molecule has 1 aliphatic heterocycles. The first kappa shape index (κ1) is 22.7. The molecule has 1 heterocycles. The second-order valence-corrected chi connectivity index (χ2v) is 7.89. The molecule has 0 saturated carbocycles. The monoisotopic (exact) mass is 364 g/mol. The molecule has 0 bridgehead atoms. The lowest BCUT2D eigenvalue weighted by Gasteiger charge is -2.10. The zero-order valence-electron chi connectivity index (χ0n) is 17.3. The Bertz CT molecular complexity index is 554. The Morgan fingerprint density at radius 3 is 2.31 bits per heavy atom. The summed E-state index contributed by atoms with van der Waals surface area (Å²) < 4.78 is 10.5. The van der Waals surface area contributed by atoms with Gasteiger partial charge in [-0.25, -0.2) is 0 Å². The first-order valence-corrected chi connectivity index (χ1v) is 9.59. The molecule has 0 aromatic heterocycles. The number of aliphatic hydroxyl groups excluding tert-OH is 1. The van der Waals surface area contributed by atoms with Crippen molar-refractivity contribution in [2.24, 2.45) is 0 Å². The average Bonchev–Trinajstić information content (AvgIpc) is 3.17. The maximum atomic E-state index is 10.7. The van der Waals surface area contributed by atoms with Crippen molar-refractivity contribution in [1.82, 2.24) is 0 Å². The van der Waals surface area contributed by atoms with Gasteiger partial charge in [-0.1, -0.05) is 23.3 Å². The molecule has 1 aliphatic rings. The van der Waals surface area contributed by atoms with Gasteiger partial charge in [-0.2, -0.15) is 0 Å². The number of ether oxygens (including phenoxy) is 2. The fourth-order valence-corrected chi connectivity index (χ4v) is 2.77. The Kier molecular flexibility index (Phi) is 9.31. The average molecular weight is 365 g/mol. The molecule has 0 aromatic rings. The number of allylic oxidation sites excluding steroid dienone is 3. The van der Waals surface area contributed by atoms with Crippen LogP contribution < -0.4 is 0 Å². The predicted octanol–water partition coefficient (Wildman–Crippen LogP) is 4.88. The summed E-state index contributed by atoms with van der Waals surface area (Å²) in [5, 5.41) is 10.3. The number of esters is 1. The summed E-state index contributed by atoms with van der Waals surface area (Å²) in [4.78, 5) is 10.7. The summed E-state index contributed by atoms with van der Waals surface area (Å²) >= 11 is 0. The minimum Gasteiger partial charge on any atom is -0.462 e. The molecule has 0 aliphatic carbocycles. The molecule has 4 heteroatoms. The zero-order valence-corrected chi connectivity index (χ0v) is 17.3. The highest BCUT2D eigenvalue weighted by molar-refractivity contribution is 5.66. The summed E-state index contributed by atoms with van der Waals surface area (Å²) in [5.41, 5.74) is 3.57. The molecule has 2 unspecified atom stereocenters. The van der Waals surface area contributed by atoms with Crippen LogP contribution in [0.25, 0.3) is 0 Å². The van der Waals surface area contributed by atoms with Crippen LogP contribution in [0.15, 0.2) is 34.9 Å². The van der Waals surface area contributed by atoms with E-state index in [-0.39, 0.29) is 11.6 Å². The highest BCUT2D eigenvalue weighted by Crippen LogP contribution is 2.38. The number of hydrogen-bond acceptors (Lipinski definition) is 4. The molecule has 0 aromatic carbocycles. The topological polar surface area (TPSA) is 59.1 Å². The number of carbonyl (C=O) groups excluding carboxylic acids is 1. The van der Waals surface area contributed by atoms with E-state index in [1.54, 1.807) is 0 Å². The smallest absolute Gasteiger partial charge is 0.302 e. The van der Waals surface area contributed by atoms with E-state index in [4.69, 9.17) is 9.47 Å². The maximum absolute atomic E-state index is 10.7. The van der Waals surface area contributed by atoms with E-state index in [0.717, 1.165) is 31.3 Å². The van der Waals surface area contributed by atoms with Gasteiger partial charge in [-0.3, -0.25) is 4.79 Å². The summed E-state index contributed by atoms with van der Waals surface area (Å²) in [6, 6.07) is 0. The Hall–Kier alpha value is -1.39. The lowest BCUT2D eigenvalue weighted by molar-refractivity contribution is -0.139. The summed E-state index contributed by atoms with van der Waals surface area (Å²) in [6.45, 7) is 12.1. The van der Waals surface area contributed by atoms with E-state index in [1.165, 1.54) is 18.1 Å². The van der Waals surface area contributed by atoms with Gasteiger partial charge >= 0.3 is 5.97 Å². The summed E-state index contributed by atoms with van der Waals surface area (Å²) in [5.74, 6) is -0.260. The van der Waals surface area contributed by atoms with Crippen molar-refractivity contribution in [2.75, 3.05) is 6.61 Å². The molecule has 0 amide bonds.